The Morgan fingerprint density at radius 2 is 1.76 bits per heavy atom. The molecule has 34 heavy (non-hydrogen) atoms. The highest BCUT2D eigenvalue weighted by atomic mass is 32.2. The van der Waals surface area contributed by atoms with Crippen molar-refractivity contribution in [3.8, 4) is 5.75 Å². The number of amides is 3. The molecule has 178 valence electrons. The van der Waals surface area contributed by atoms with Gasteiger partial charge in [-0.15, -0.1) is 0 Å². The number of rotatable bonds is 6. The number of aliphatic hydroxyl groups is 1. The third-order valence-electron chi connectivity index (χ3n) is 6.53. The van der Waals surface area contributed by atoms with Crippen molar-refractivity contribution in [3.63, 3.8) is 0 Å². The van der Waals surface area contributed by atoms with Gasteiger partial charge in [-0.1, -0.05) is 30.3 Å². The van der Waals surface area contributed by atoms with Gasteiger partial charge in [0.2, 0.25) is 11.8 Å². The lowest BCUT2D eigenvalue weighted by Gasteiger charge is -2.32. The average molecular weight is 482 g/mol. The Morgan fingerprint density at radius 1 is 1.03 bits per heavy atom. The molecule has 0 radical (unpaired) electrons. The molecule has 2 unspecified atom stereocenters. The molecule has 5 rings (SSSR count). The second kappa shape index (κ2) is 9.77. The minimum absolute atomic E-state index is 0.124. The van der Waals surface area contributed by atoms with E-state index in [4.69, 9.17) is 4.74 Å². The molecule has 0 spiro atoms. The van der Waals surface area contributed by atoms with Crippen molar-refractivity contribution in [2.45, 2.75) is 38.3 Å². The number of hydrogen-bond acceptors (Lipinski definition) is 7. The molecule has 0 saturated carbocycles. The number of aliphatic hydroxyl groups excluding tert-OH is 1. The summed E-state index contributed by atoms with van der Waals surface area (Å²) >= 11 is 2.00. The predicted molar refractivity (Wildman–Crippen MR) is 127 cm³/mol. The van der Waals surface area contributed by atoms with E-state index < -0.39 is 24.1 Å². The van der Waals surface area contributed by atoms with E-state index in [1.807, 2.05) is 23.9 Å². The number of nitrogens with zero attached hydrogens (tertiary/aromatic N) is 2. The maximum atomic E-state index is 13.0. The first-order valence-electron chi connectivity index (χ1n) is 11.5. The number of nitrogens with one attached hydrogen (secondary N) is 1. The normalized spacial score (nSPS) is 23.1. The van der Waals surface area contributed by atoms with Crippen LogP contribution in [0.15, 0.2) is 42.5 Å². The lowest BCUT2D eigenvalue weighted by atomic mass is 10.0. The highest BCUT2D eigenvalue weighted by Crippen LogP contribution is 2.40. The minimum Gasteiger partial charge on any atom is -0.488 e. The molecule has 9 heteroatoms. The van der Waals surface area contributed by atoms with Crippen molar-refractivity contribution in [3.05, 3.63) is 64.7 Å². The van der Waals surface area contributed by atoms with Crippen LogP contribution < -0.4 is 10.1 Å². The highest BCUT2D eigenvalue weighted by Gasteiger charge is 2.45. The summed E-state index contributed by atoms with van der Waals surface area (Å²) in [7, 11) is 0. The van der Waals surface area contributed by atoms with Gasteiger partial charge >= 0.3 is 0 Å². The van der Waals surface area contributed by atoms with Crippen LogP contribution in [-0.2, 0) is 22.7 Å². The van der Waals surface area contributed by atoms with Crippen LogP contribution in [0.1, 0.15) is 46.1 Å². The third kappa shape index (κ3) is 4.55. The molecule has 0 aliphatic carbocycles. The topological polar surface area (TPSA) is 99.2 Å². The first-order valence-corrected chi connectivity index (χ1v) is 12.6. The number of carbonyl (C=O) groups excluding carboxylic acids is 3. The molecule has 2 atom stereocenters. The van der Waals surface area contributed by atoms with Crippen molar-refractivity contribution in [1.82, 2.24) is 15.1 Å². The zero-order chi connectivity index (χ0) is 23.7. The van der Waals surface area contributed by atoms with E-state index >= 15 is 0 Å². The summed E-state index contributed by atoms with van der Waals surface area (Å²) in [6.07, 6.45) is -1.01. The first kappa shape index (κ1) is 22.9. The van der Waals surface area contributed by atoms with Gasteiger partial charge in [-0.25, -0.2) is 0 Å². The van der Waals surface area contributed by atoms with Crippen molar-refractivity contribution in [2.24, 2.45) is 0 Å². The second-order valence-electron chi connectivity index (χ2n) is 8.76. The van der Waals surface area contributed by atoms with Gasteiger partial charge in [0.1, 0.15) is 18.4 Å². The Hall–Kier alpha value is -2.88. The van der Waals surface area contributed by atoms with Gasteiger partial charge in [-0.05, 0) is 29.7 Å². The average Bonchev–Trinajstić information content (AvgIpc) is 3.10. The van der Waals surface area contributed by atoms with Gasteiger partial charge < -0.3 is 9.84 Å². The number of fused-ring (bicyclic) bond motifs is 1. The molecule has 2 fully saturated rings. The van der Waals surface area contributed by atoms with Crippen molar-refractivity contribution in [2.75, 3.05) is 24.6 Å². The Kier molecular flexibility index (Phi) is 6.58. The van der Waals surface area contributed by atoms with Gasteiger partial charge in [-0.2, -0.15) is 11.8 Å². The fourth-order valence-corrected chi connectivity index (χ4v) is 5.67. The van der Waals surface area contributed by atoms with Gasteiger partial charge in [0.05, 0.1) is 11.1 Å². The molecule has 0 bridgehead atoms. The van der Waals surface area contributed by atoms with E-state index in [1.165, 1.54) is 17.1 Å². The molecule has 3 heterocycles. The van der Waals surface area contributed by atoms with Crippen molar-refractivity contribution < 1.29 is 24.2 Å². The maximum Gasteiger partial charge on any atom is 0.257 e. The maximum absolute atomic E-state index is 13.0. The van der Waals surface area contributed by atoms with E-state index in [-0.39, 0.29) is 25.4 Å². The number of ether oxygens (including phenoxy) is 1. The van der Waals surface area contributed by atoms with E-state index in [9.17, 15) is 19.5 Å². The summed E-state index contributed by atoms with van der Waals surface area (Å²) in [6.45, 7) is 3.46. The van der Waals surface area contributed by atoms with Crippen LogP contribution >= 0.6 is 11.8 Å². The molecule has 2 aromatic carbocycles. The quantitative estimate of drug-likeness (QED) is 0.610. The highest BCUT2D eigenvalue weighted by molar-refractivity contribution is 7.99. The van der Waals surface area contributed by atoms with Gasteiger partial charge in [0.25, 0.3) is 5.91 Å². The van der Waals surface area contributed by atoms with Gasteiger partial charge in [0.15, 0.2) is 6.23 Å². The lowest BCUT2D eigenvalue weighted by Crippen LogP contribution is -2.53. The monoisotopic (exact) mass is 481 g/mol. The Labute approximate surface area is 202 Å². The van der Waals surface area contributed by atoms with Crippen LogP contribution in [-0.4, -0.2) is 63.3 Å². The van der Waals surface area contributed by atoms with Gasteiger partial charge in [0, 0.05) is 37.6 Å². The molecule has 0 aromatic heterocycles. The van der Waals surface area contributed by atoms with Crippen LogP contribution in [0.25, 0.3) is 0 Å². The second-order valence-corrected chi connectivity index (χ2v) is 9.99. The summed E-state index contributed by atoms with van der Waals surface area (Å²) in [5.41, 5.74) is 2.91. The number of benzene rings is 2. The van der Waals surface area contributed by atoms with E-state index in [0.717, 1.165) is 30.1 Å². The minimum atomic E-state index is -1.31. The summed E-state index contributed by atoms with van der Waals surface area (Å²) in [6, 6.07) is 12.4. The fourth-order valence-electron chi connectivity index (χ4n) is 4.69. The van der Waals surface area contributed by atoms with E-state index in [2.05, 4.69) is 22.3 Å². The number of piperidine rings is 1. The summed E-state index contributed by atoms with van der Waals surface area (Å²) < 4.78 is 6.02. The summed E-state index contributed by atoms with van der Waals surface area (Å²) in [5.74, 6) is 1.39. The molecule has 8 nitrogen and oxygen atoms in total. The number of thioether (sulfide) groups is 1. The molecule has 3 aliphatic heterocycles. The first-order chi connectivity index (χ1) is 16.5. The molecule has 2 saturated heterocycles. The molecule has 2 aromatic rings. The lowest BCUT2D eigenvalue weighted by molar-refractivity contribution is -0.139. The zero-order valence-electron chi connectivity index (χ0n) is 18.7. The molecule has 2 N–H and O–H groups in total. The number of carbonyl (C=O) groups is 3. The molecular weight excluding hydrogens is 454 g/mol. The van der Waals surface area contributed by atoms with E-state index in [1.54, 1.807) is 18.2 Å². The van der Waals surface area contributed by atoms with Crippen LogP contribution in [0.4, 0.5) is 0 Å². The molecule has 3 amide bonds. The van der Waals surface area contributed by atoms with Gasteiger partial charge in [-0.3, -0.25) is 29.5 Å². The van der Waals surface area contributed by atoms with Crippen molar-refractivity contribution in [1.29, 1.82) is 0 Å². The summed E-state index contributed by atoms with van der Waals surface area (Å²) in [4.78, 5) is 40.4. The SMILES string of the molecule is O=C1CCC(N2C(=O)c3cccc(OCc4ccc(CN5CCSCC5)cc4)c3C2O)C(=O)N1. The smallest absolute Gasteiger partial charge is 0.257 e. The number of imide groups is 1. The largest absolute Gasteiger partial charge is 0.488 e. The van der Waals surface area contributed by atoms with Crippen LogP contribution in [0, 0.1) is 0 Å². The standard InChI is InChI=1S/C25H27N3O5S/c29-21-9-8-19(23(30)26-21)28-24(31)18-2-1-3-20(22(18)25(28)32)33-15-17-6-4-16(5-7-17)14-27-10-12-34-13-11-27/h1-7,19,25,32H,8-15H2,(H,26,29,30). The number of hydrogen-bond donors (Lipinski definition) is 2. The Balaban J connectivity index is 1.27. The van der Waals surface area contributed by atoms with Crippen LogP contribution in [0.2, 0.25) is 0 Å². The van der Waals surface area contributed by atoms with Crippen LogP contribution in [0.3, 0.4) is 0 Å². The fraction of sp³-hybridized carbons (Fsp3) is 0.400. The van der Waals surface area contributed by atoms with E-state index in [0.29, 0.717) is 16.9 Å². The Morgan fingerprint density at radius 3 is 2.50 bits per heavy atom. The third-order valence-corrected chi connectivity index (χ3v) is 7.47. The van der Waals surface area contributed by atoms with Crippen molar-refractivity contribution >= 4 is 29.5 Å². The molecule has 3 aliphatic rings. The zero-order valence-corrected chi connectivity index (χ0v) is 19.6. The Bertz CT molecular complexity index is 1100. The summed E-state index contributed by atoms with van der Waals surface area (Å²) in [5, 5.41) is 13.2. The van der Waals surface area contributed by atoms with Crippen LogP contribution in [0.5, 0.6) is 5.75 Å². The molecular formula is C25H27N3O5S. The predicted octanol–water partition coefficient (Wildman–Crippen LogP) is 2.07.